The molecule has 2 heterocycles. The normalized spacial score (nSPS) is 19.3. The second-order valence-corrected chi connectivity index (χ2v) is 6.14. The number of nitrogens with zero attached hydrogens (tertiary/aromatic N) is 3. The minimum atomic E-state index is 0.0263. The maximum absolute atomic E-state index is 11.2. The zero-order valence-corrected chi connectivity index (χ0v) is 13.4. The zero-order valence-electron chi connectivity index (χ0n) is 11.0. The second-order valence-electron chi connectivity index (χ2n) is 4.51. The predicted molar refractivity (Wildman–Crippen MR) is 80.6 cm³/mol. The van der Waals surface area contributed by atoms with Crippen molar-refractivity contribution in [1.29, 1.82) is 0 Å². The van der Waals surface area contributed by atoms with Crippen LogP contribution in [0.1, 0.15) is 19.8 Å². The molecule has 1 unspecified atom stereocenters. The number of hydrogen-bond acceptors (Lipinski definition) is 5. The monoisotopic (exact) mass is 344 g/mol. The van der Waals surface area contributed by atoms with E-state index in [2.05, 4.69) is 36.1 Å². The van der Waals surface area contributed by atoms with Crippen molar-refractivity contribution < 1.29 is 4.79 Å². The fourth-order valence-electron chi connectivity index (χ4n) is 2.24. The summed E-state index contributed by atoms with van der Waals surface area (Å²) in [6.45, 7) is 3.31. The molecular formula is C12H17BrN4OS. The fourth-order valence-corrected chi connectivity index (χ4v) is 3.02. The van der Waals surface area contributed by atoms with E-state index in [0.717, 1.165) is 41.4 Å². The Hall–Kier alpha value is -0.820. The average Bonchev–Trinajstić information content (AvgIpc) is 2.39. The van der Waals surface area contributed by atoms with E-state index in [9.17, 15) is 4.79 Å². The van der Waals surface area contributed by atoms with Gasteiger partial charge in [0.25, 0.3) is 0 Å². The smallest absolute Gasteiger partial charge is 0.217 e. The molecule has 0 spiro atoms. The summed E-state index contributed by atoms with van der Waals surface area (Å²) in [5, 5.41) is 3.75. The number of piperidine rings is 1. The number of aromatic nitrogens is 2. The van der Waals surface area contributed by atoms with Crippen LogP contribution in [-0.4, -0.2) is 41.3 Å². The average molecular weight is 345 g/mol. The number of carbonyl (C=O) groups excluding carboxylic acids is 1. The summed E-state index contributed by atoms with van der Waals surface area (Å²) in [7, 11) is 0. The maximum Gasteiger partial charge on any atom is 0.217 e. The summed E-state index contributed by atoms with van der Waals surface area (Å²) in [4.78, 5) is 22.1. The molecule has 19 heavy (non-hydrogen) atoms. The van der Waals surface area contributed by atoms with Crippen molar-refractivity contribution in [2.24, 2.45) is 0 Å². The van der Waals surface area contributed by atoms with Crippen LogP contribution >= 0.6 is 27.7 Å². The highest BCUT2D eigenvalue weighted by Crippen LogP contribution is 2.27. The van der Waals surface area contributed by atoms with Crippen molar-refractivity contribution in [1.82, 2.24) is 15.3 Å². The van der Waals surface area contributed by atoms with Crippen molar-refractivity contribution >= 4 is 39.4 Å². The molecule has 1 aliphatic rings. The highest BCUT2D eigenvalue weighted by Gasteiger charge is 2.23. The van der Waals surface area contributed by atoms with E-state index >= 15 is 0 Å². The highest BCUT2D eigenvalue weighted by atomic mass is 79.9. The zero-order chi connectivity index (χ0) is 13.8. The van der Waals surface area contributed by atoms with Gasteiger partial charge in [-0.25, -0.2) is 9.97 Å². The van der Waals surface area contributed by atoms with Crippen LogP contribution in [0.5, 0.6) is 0 Å². The van der Waals surface area contributed by atoms with Gasteiger partial charge in [0.05, 0.1) is 4.47 Å². The number of amides is 1. The van der Waals surface area contributed by atoms with Crippen LogP contribution in [0.15, 0.2) is 15.8 Å². The number of nitrogens with one attached hydrogen (secondary N) is 1. The van der Waals surface area contributed by atoms with E-state index < -0.39 is 0 Å². The molecule has 104 valence electrons. The molecule has 1 fully saturated rings. The molecule has 1 amide bonds. The van der Waals surface area contributed by atoms with Gasteiger partial charge < -0.3 is 10.2 Å². The number of rotatable bonds is 3. The van der Waals surface area contributed by atoms with Crippen LogP contribution in [0.3, 0.4) is 0 Å². The van der Waals surface area contributed by atoms with E-state index in [0.29, 0.717) is 0 Å². The van der Waals surface area contributed by atoms with Gasteiger partial charge in [-0.05, 0) is 35.0 Å². The van der Waals surface area contributed by atoms with Gasteiger partial charge in [0, 0.05) is 32.3 Å². The first kappa shape index (κ1) is 14.6. The van der Waals surface area contributed by atoms with E-state index in [1.807, 2.05) is 6.26 Å². The summed E-state index contributed by atoms with van der Waals surface area (Å²) in [5.74, 6) is 0.938. The highest BCUT2D eigenvalue weighted by molar-refractivity contribution is 9.10. The third-order valence-electron chi connectivity index (χ3n) is 3.01. The van der Waals surface area contributed by atoms with Crippen LogP contribution in [0.25, 0.3) is 0 Å². The van der Waals surface area contributed by atoms with Gasteiger partial charge in [0.1, 0.15) is 5.82 Å². The Bertz CT molecular complexity index is 471. The minimum Gasteiger partial charge on any atom is -0.353 e. The molecule has 1 aliphatic heterocycles. The van der Waals surface area contributed by atoms with E-state index in [-0.39, 0.29) is 11.9 Å². The predicted octanol–water partition coefficient (Wildman–Crippen LogP) is 2.07. The first-order valence-electron chi connectivity index (χ1n) is 6.18. The van der Waals surface area contributed by atoms with E-state index in [1.54, 1.807) is 13.1 Å². The van der Waals surface area contributed by atoms with Crippen molar-refractivity contribution in [3.8, 4) is 0 Å². The maximum atomic E-state index is 11.2. The Balaban J connectivity index is 2.14. The first-order chi connectivity index (χ1) is 9.10. The molecular weight excluding hydrogens is 328 g/mol. The minimum absolute atomic E-state index is 0.0263. The molecule has 7 heteroatoms. The van der Waals surface area contributed by atoms with Gasteiger partial charge in [-0.3, -0.25) is 4.79 Å². The summed E-state index contributed by atoms with van der Waals surface area (Å²) in [6.07, 6.45) is 5.82. The Morgan fingerprint density at radius 2 is 2.42 bits per heavy atom. The van der Waals surface area contributed by atoms with Gasteiger partial charge in [-0.1, -0.05) is 11.8 Å². The molecule has 0 bridgehead atoms. The van der Waals surface area contributed by atoms with Gasteiger partial charge in [0.15, 0.2) is 5.16 Å². The van der Waals surface area contributed by atoms with Crippen molar-refractivity contribution in [3.63, 3.8) is 0 Å². The van der Waals surface area contributed by atoms with Crippen LogP contribution in [0.4, 0.5) is 5.82 Å². The SMILES string of the molecule is CSc1ncc(Br)c(N2CCCC(NC(C)=O)C2)n1. The molecule has 0 aromatic carbocycles. The number of hydrogen-bond donors (Lipinski definition) is 1. The summed E-state index contributed by atoms with van der Waals surface area (Å²) in [5.41, 5.74) is 0. The van der Waals surface area contributed by atoms with Gasteiger partial charge in [-0.2, -0.15) is 0 Å². The lowest BCUT2D eigenvalue weighted by Gasteiger charge is -2.34. The third-order valence-corrected chi connectivity index (χ3v) is 4.14. The summed E-state index contributed by atoms with van der Waals surface area (Å²) >= 11 is 5.03. The molecule has 1 aromatic heterocycles. The quantitative estimate of drug-likeness (QED) is 0.671. The molecule has 2 rings (SSSR count). The lowest BCUT2D eigenvalue weighted by molar-refractivity contribution is -0.119. The fraction of sp³-hybridized carbons (Fsp3) is 0.583. The lowest BCUT2D eigenvalue weighted by Crippen LogP contribution is -2.47. The van der Waals surface area contributed by atoms with Crippen molar-refractivity contribution in [2.75, 3.05) is 24.2 Å². The van der Waals surface area contributed by atoms with Gasteiger partial charge >= 0.3 is 0 Å². The van der Waals surface area contributed by atoms with Crippen LogP contribution in [0.2, 0.25) is 0 Å². The Morgan fingerprint density at radius 1 is 1.63 bits per heavy atom. The van der Waals surface area contributed by atoms with Crippen LogP contribution in [-0.2, 0) is 4.79 Å². The molecule has 0 saturated carbocycles. The Morgan fingerprint density at radius 3 is 3.11 bits per heavy atom. The number of carbonyl (C=O) groups is 1. The lowest BCUT2D eigenvalue weighted by atomic mass is 10.1. The van der Waals surface area contributed by atoms with Crippen molar-refractivity contribution in [3.05, 3.63) is 10.7 Å². The van der Waals surface area contributed by atoms with Crippen molar-refractivity contribution in [2.45, 2.75) is 31.0 Å². The van der Waals surface area contributed by atoms with E-state index in [4.69, 9.17) is 0 Å². The number of thioether (sulfide) groups is 1. The molecule has 5 nitrogen and oxygen atoms in total. The number of halogens is 1. The first-order valence-corrected chi connectivity index (χ1v) is 8.20. The standard InChI is InChI=1S/C12H17BrN4OS/c1-8(18)15-9-4-3-5-17(7-9)11-10(13)6-14-12(16-11)19-2/h6,9H,3-5,7H2,1-2H3,(H,15,18). The molecule has 0 aliphatic carbocycles. The van der Waals surface area contributed by atoms with Gasteiger partial charge in [-0.15, -0.1) is 0 Å². The number of anilines is 1. The summed E-state index contributed by atoms with van der Waals surface area (Å²) < 4.78 is 0.897. The Kier molecular flexibility index (Phi) is 5.04. The topological polar surface area (TPSA) is 58.1 Å². The second kappa shape index (κ2) is 6.56. The largest absolute Gasteiger partial charge is 0.353 e. The molecule has 1 aromatic rings. The van der Waals surface area contributed by atoms with Crippen LogP contribution in [0, 0.1) is 0 Å². The van der Waals surface area contributed by atoms with Crippen LogP contribution < -0.4 is 10.2 Å². The third kappa shape index (κ3) is 3.82. The molecule has 1 atom stereocenters. The van der Waals surface area contributed by atoms with E-state index in [1.165, 1.54) is 11.8 Å². The molecule has 0 radical (unpaired) electrons. The summed E-state index contributed by atoms with van der Waals surface area (Å²) in [6, 6.07) is 0.200. The molecule has 1 saturated heterocycles. The molecule has 1 N–H and O–H groups in total. The van der Waals surface area contributed by atoms with Gasteiger partial charge in [0.2, 0.25) is 5.91 Å². The Labute approximate surface area is 125 Å².